The monoisotopic (exact) mass is 98.1 g/mol. The van der Waals surface area contributed by atoms with Crippen LogP contribution in [0.25, 0.3) is 0 Å². The molecule has 0 aromatic rings. The molecule has 7 heavy (non-hydrogen) atoms. The molecule has 0 spiro atoms. The fraction of sp³-hybridized carbons (Fsp3) is 0.800. The average molecular weight is 98.1 g/mol. The van der Waals surface area contributed by atoms with Gasteiger partial charge in [0, 0.05) is 19.3 Å². The molecular formula is C5H10N2. The van der Waals surface area contributed by atoms with Crippen LogP contribution in [0.2, 0.25) is 0 Å². The Bertz CT molecular complexity index is 60.5. The molecule has 0 fully saturated rings. The maximum atomic E-state index is 4.08. The molecule has 0 atom stereocenters. The summed E-state index contributed by atoms with van der Waals surface area (Å²) in [7, 11) is 0. The van der Waals surface area contributed by atoms with Crippen LogP contribution in [0, 0.1) is 0 Å². The molecule has 0 saturated heterocycles. The molecule has 0 aromatic heterocycles. The summed E-state index contributed by atoms with van der Waals surface area (Å²) in [5.74, 6) is 0. The van der Waals surface area contributed by atoms with Crippen molar-refractivity contribution in [3.05, 3.63) is 0 Å². The zero-order chi connectivity index (χ0) is 4.95. The van der Waals surface area contributed by atoms with Crippen LogP contribution in [0.1, 0.15) is 6.42 Å². The first-order chi connectivity index (χ1) is 3.50. The van der Waals surface area contributed by atoms with Gasteiger partial charge < -0.3 is 5.32 Å². The van der Waals surface area contributed by atoms with E-state index in [-0.39, 0.29) is 0 Å². The van der Waals surface area contributed by atoms with E-state index in [1.807, 2.05) is 6.21 Å². The van der Waals surface area contributed by atoms with Crippen LogP contribution < -0.4 is 5.32 Å². The molecular weight excluding hydrogens is 88.1 g/mol. The highest BCUT2D eigenvalue weighted by Gasteiger charge is 1.87. The molecule has 0 amide bonds. The lowest BCUT2D eigenvalue weighted by atomic mass is 10.4. The van der Waals surface area contributed by atoms with Crippen LogP contribution in [-0.4, -0.2) is 25.8 Å². The van der Waals surface area contributed by atoms with Crippen molar-refractivity contribution in [1.82, 2.24) is 5.32 Å². The topological polar surface area (TPSA) is 24.4 Å². The second kappa shape index (κ2) is 2.75. The minimum Gasteiger partial charge on any atom is -0.312 e. The van der Waals surface area contributed by atoms with Crippen molar-refractivity contribution >= 4 is 6.21 Å². The Hall–Kier alpha value is -0.370. The maximum absolute atomic E-state index is 4.08. The molecule has 2 nitrogen and oxygen atoms in total. The predicted octanol–water partition coefficient (Wildman–Crippen LogP) is 0.0505. The fourth-order valence-electron chi connectivity index (χ4n) is 0.618. The molecule has 0 aromatic carbocycles. The van der Waals surface area contributed by atoms with Crippen molar-refractivity contribution in [2.24, 2.45) is 4.99 Å². The zero-order valence-electron chi connectivity index (χ0n) is 4.35. The molecule has 0 aliphatic carbocycles. The fourth-order valence-corrected chi connectivity index (χ4v) is 0.618. The normalized spacial score (nSPS) is 21.7. The second-order valence-corrected chi connectivity index (χ2v) is 1.65. The van der Waals surface area contributed by atoms with Crippen LogP contribution >= 0.6 is 0 Å². The summed E-state index contributed by atoms with van der Waals surface area (Å²) < 4.78 is 0. The molecule has 0 unspecified atom stereocenters. The van der Waals surface area contributed by atoms with E-state index in [0.717, 1.165) is 19.6 Å². The van der Waals surface area contributed by atoms with Gasteiger partial charge in [0.25, 0.3) is 0 Å². The first-order valence-corrected chi connectivity index (χ1v) is 2.69. The number of rotatable bonds is 0. The van der Waals surface area contributed by atoms with E-state index >= 15 is 0 Å². The summed E-state index contributed by atoms with van der Waals surface area (Å²) in [4.78, 5) is 4.08. The Morgan fingerprint density at radius 2 is 2.57 bits per heavy atom. The van der Waals surface area contributed by atoms with E-state index in [9.17, 15) is 0 Å². The first kappa shape index (κ1) is 4.78. The number of nitrogens with zero attached hydrogens (tertiary/aromatic N) is 1. The smallest absolute Gasteiger partial charge is 0.0398 e. The van der Waals surface area contributed by atoms with Gasteiger partial charge in [-0.1, -0.05) is 0 Å². The van der Waals surface area contributed by atoms with Gasteiger partial charge in [0.05, 0.1) is 0 Å². The highest BCUT2D eigenvalue weighted by Crippen LogP contribution is 1.80. The van der Waals surface area contributed by atoms with Gasteiger partial charge >= 0.3 is 0 Å². The molecule has 1 N–H and O–H groups in total. The molecule has 0 saturated carbocycles. The van der Waals surface area contributed by atoms with Crippen LogP contribution in [0.4, 0.5) is 0 Å². The maximum Gasteiger partial charge on any atom is 0.0398 e. The standard InChI is InChI=1S/C5H10N2/c1-2-6-4-5-7-3-1/h4,7H,1-3,5H2. The van der Waals surface area contributed by atoms with Gasteiger partial charge in [-0.05, 0) is 13.0 Å². The Balaban J connectivity index is 2.20. The summed E-state index contributed by atoms with van der Waals surface area (Å²) in [6.07, 6.45) is 3.13. The first-order valence-electron chi connectivity index (χ1n) is 2.69. The summed E-state index contributed by atoms with van der Waals surface area (Å²) in [5, 5.41) is 3.20. The molecule has 1 aliphatic rings. The third-order valence-electron chi connectivity index (χ3n) is 1.01. The van der Waals surface area contributed by atoms with E-state index in [2.05, 4.69) is 10.3 Å². The highest BCUT2D eigenvalue weighted by atomic mass is 14.9. The van der Waals surface area contributed by atoms with Gasteiger partial charge in [0.2, 0.25) is 0 Å². The largest absolute Gasteiger partial charge is 0.312 e. The number of aliphatic imine (C=N–C) groups is 1. The molecule has 0 radical (unpaired) electrons. The lowest BCUT2D eigenvalue weighted by Gasteiger charge is -1.90. The summed E-state index contributed by atoms with van der Waals surface area (Å²) in [6, 6.07) is 0. The van der Waals surface area contributed by atoms with Gasteiger partial charge in [-0.2, -0.15) is 0 Å². The van der Waals surface area contributed by atoms with Crippen molar-refractivity contribution in [2.45, 2.75) is 6.42 Å². The quantitative estimate of drug-likeness (QED) is 0.455. The Morgan fingerprint density at radius 3 is 3.57 bits per heavy atom. The number of hydrogen-bond acceptors (Lipinski definition) is 2. The molecule has 0 bridgehead atoms. The van der Waals surface area contributed by atoms with Gasteiger partial charge in [0.1, 0.15) is 0 Å². The van der Waals surface area contributed by atoms with Gasteiger partial charge in [-0.15, -0.1) is 0 Å². The van der Waals surface area contributed by atoms with E-state index in [4.69, 9.17) is 0 Å². The minimum atomic E-state index is 0.958. The van der Waals surface area contributed by atoms with Crippen molar-refractivity contribution in [3.8, 4) is 0 Å². The summed E-state index contributed by atoms with van der Waals surface area (Å²) in [6.45, 7) is 3.09. The van der Waals surface area contributed by atoms with E-state index in [1.165, 1.54) is 6.42 Å². The van der Waals surface area contributed by atoms with Crippen molar-refractivity contribution in [3.63, 3.8) is 0 Å². The SMILES string of the molecule is C1=NCCCNC1. The van der Waals surface area contributed by atoms with Crippen molar-refractivity contribution in [2.75, 3.05) is 19.6 Å². The third kappa shape index (κ3) is 1.69. The van der Waals surface area contributed by atoms with Crippen LogP contribution in [0.5, 0.6) is 0 Å². The third-order valence-corrected chi connectivity index (χ3v) is 1.01. The lowest BCUT2D eigenvalue weighted by molar-refractivity contribution is 0.736. The molecule has 40 valence electrons. The molecule has 1 rings (SSSR count). The molecule has 1 heterocycles. The van der Waals surface area contributed by atoms with Gasteiger partial charge in [0.15, 0.2) is 0 Å². The highest BCUT2D eigenvalue weighted by molar-refractivity contribution is 5.59. The molecule has 1 aliphatic heterocycles. The predicted molar refractivity (Wildman–Crippen MR) is 30.8 cm³/mol. The minimum absolute atomic E-state index is 0.958. The van der Waals surface area contributed by atoms with Crippen LogP contribution in [-0.2, 0) is 0 Å². The van der Waals surface area contributed by atoms with Crippen molar-refractivity contribution in [1.29, 1.82) is 0 Å². The molecule has 2 heteroatoms. The number of hydrogen-bond donors (Lipinski definition) is 1. The van der Waals surface area contributed by atoms with E-state index < -0.39 is 0 Å². The summed E-state index contributed by atoms with van der Waals surface area (Å²) in [5.41, 5.74) is 0. The summed E-state index contributed by atoms with van der Waals surface area (Å²) >= 11 is 0. The Labute approximate surface area is 43.6 Å². The zero-order valence-corrected chi connectivity index (χ0v) is 4.35. The average Bonchev–Trinajstić information content (AvgIpc) is 1.90. The Kier molecular flexibility index (Phi) is 1.88. The van der Waals surface area contributed by atoms with Gasteiger partial charge in [-0.3, -0.25) is 4.99 Å². The van der Waals surface area contributed by atoms with Gasteiger partial charge in [-0.25, -0.2) is 0 Å². The second-order valence-electron chi connectivity index (χ2n) is 1.65. The number of nitrogens with one attached hydrogen (secondary N) is 1. The van der Waals surface area contributed by atoms with Crippen LogP contribution in [0.15, 0.2) is 4.99 Å². The van der Waals surface area contributed by atoms with E-state index in [1.54, 1.807) is 0 Å². The van der Waals surface area contributed by atoms with E-state index in [0.29, 0.717) is 0 Å². The van der Waals surface area contributed by atoms with Crippen molar-refractivity contribution < 1.29 is 0 Å². The lowest BCUT2D eigenvalue weighted by Crippen LogP contribution is -2.15. The van der Waals surface area contributed by atoms with Crippen LogP contribution in [0.3, 0.4) is 0 Å². The Morgan fingerprint density at radius 1 is 1.57 bits per heavy atom.